The standard InChI is InChI=1S/C27H34O6/c28-25(19-10-4-1-5-11-19)31-22-16-23(32-26(29)20-12-6-2-7-13-20)18-24(17-22)33-27(30)21-14-8-3-9-15-21/h1,4,16-21H,2-3,5-15H2. The molecule has 2 saturated carbocycles. The Morgan fingerprint density at radius 3 is 1.36 bits per heavy atom. The van der Waals surface area contributed by atoms with Crippen LogP contribution in [0.3, 0.4) is 0 Å². The summed E-state index contributed by atoms with van der Waals surface area (Å²) in [7, 11) is 0. The van der Waals surface area contributed by atoms with Gasteiger partial charge in [-0.1, -0.05) is 50.7 Å². The van der Waals surface area contributed by atoms with Crippen LogP contribution >= 0.6 is 0 Å². The summed E-state index contributed by atoms with van der Waals surface area (Å²) in [5.41, 5.74) is 0. The Morgan fingerprint density at radius 2 is 0.970 bits per heavy atom. The number of benzene rings is 1. The van der Waals surface area contributed by atoms with Crippen LogP contribution in [0.4, 0.5) is 0 Å². The van der Waals surface area contributed by atoms with Crippen molar-refractivity contribution in [1.82, 2.24) is 0 Å². The Balaban J connectivity index is 1.49. The van der Waals surface area contributed by atoms with E-state index in [1.54, 1.807) is 6.07 Å². The van der Waals surface area contributed by atoms with Gasteiger partial charge in [0.05, 0.1) is 17.8 Å². The van der Waals surface area contributed by atoms with Gasteiger partial charge in [0.1, 0.15) is 17.2 Å². The van der Waals surface area contributed by atoms with E-state index < -0.39 is 0 Å². The molecular weight excluding hydrogens is 420 g/mol. The smallest absolute Gasteiger partial charge is 0.314 e. The van der Waals surface area contributed by atoms with Crippen LogP contribution in [0.15, 0.2) is 30.4 Å². The minimum Gasteiger partial charge on any atom is -0.426 e. The molecule has 4 rings (SSSR count). The number of hydrogen-bond acceptors (Lipinski definition) is 6. The lowest BCUT2D eigenvalue weighted by Crippen LogP contribution is -2.24. The minimum absolute atomic E-state index is 0.118. The second-order valence-electron chi connectivity index (χ2n) is 9.55. The molecule has 0 N–H and O–H groups in total. The molecule has 0 spiro atoms. The Labute approximate surface area is 195 Å². The van der Waals surface area contributed by atoms with Crippen molar-refractivity contribution in [1.29, 1.82) is 0 Å². The maximum atomic E-state index is 12.7. The van der Waals surface area contributed by atoms with Gasteiger partial charge in [-0.3, -0.25) is 14.4 Å². The lowest BCUT2D eigenvalue weighted by Gasteiger charge is -2.21. The van der Waals surface area contributed by atoms with Crippen molar-refractivity contribution in [3.8, 4) is 17.2 Å². The summed E-state index contributed by atoms with van der Waals surface area (Å²) in [6.45, 7) is 0. The molecule has 1 atom stereocenters. The van der Waals surface area contributed by atoms with Gasteiger partial charge in [-0.25, -0.2) is 0 Å². The molecule has 0 bridgehead atoms. The van der Waals surface area contributed by atoms with Crippen LogP contribution in [0.5, 0.6) is 17.2 Å². The Kier molecular flexibility index (Phi) is 8.19. The molecule has 6 nitrogen and oxygen atoms in total. The van der Waals surface area contributed by atoms with E-state index >= 15 is 0 Å². The number of esters is 3. The van der Waals surface area contributed by atoms with E-state index in [4.69, 9.17) is 14.2 Å². The van der Waals surface area contributed by atoms with E-state index in [-0.39, 0.29) is 52.9 Å². The van der Waals surface area contributed by atoms with Gasteiger partial charge in [0.2, 0.25) is 0 Å². The highest BCUT2D eigenvalue weighted by atomic mass is 16.6. The zero-order chi connectivity index (χ0) is 23.0. The Hall–Kier alpha value is -2.63. The number of carbonyl (C=O) groups excluding carboxylic acids is 3. The molecule has 178 valence electrons. The van der Waals surface area contributed by atoms with Crippen molar-refractivity contribution in [2.45, 2.75) is 83.5 Å². The monoisotopic (exact) mass is 454 g/mol. The largest absolute Gasteiger partial charge is 0.426 e. The highest BCUT2D eigenvalue weighted by Crippen LogP contribution is 2.33. The molecule has 3 aliphatic carbocycles. The van der Waals surface area contributed by atoms with Crippen molar-refractivity contribution in [2.24, 2.45) is 17.8 Å². The molecule has 1 unspecified atom stereocenters. The molecular formula is C27H34O6. The molecule has 0 aliphatic heterocycles. The van der Waals surface area contributed by atoms with Gasteiger partial charge in [0.25, 0.3) is 0 Å². The van der Waals surface area contributed by atoms with Crippen LogP contribution < -0.4 is 14.2 Å². The predicted octanol–water partition coefficient (Wildman–Crippen LogP) is 5.92. The molecule has 0 aromatic heterocycles. The zero-order valence-corrected chi connectivity index (χ0v) is 19.3. The summed E-state index contributed by atoms with van der Waals surface area (Å²) < 4.78 is 16.9. The first-order valence-electron chi connectivity index (χ1n) is 12.5. The predicted molar refractivity (Wildman–Crippen MR) is 123 cm³/mol. The van der Waals surface area contributed by atoms with Gasteiger partial charge in [0, 0.05) is 18.2 Å². The van der Waals surface area contributed by atoms with E-state index in [1.165, 1.54) is 12.1 Å². The first-order valence-corrected chi connectivity index (χ1v) is 12.5. The SMILES string of the molecule is O=C(Oc1cc(OC(=O)C2CCCCC2)cc(OC(=O)C2CCCCC2)c1)C1CC=CCC1. The number of ether oxygens (including phenoxy) is 3. The summed E-state index contributed by atoms with van der Waals surface area (Å²) in [5, 5.41) is 0. The van der Waals surface area contributed by atoms with Crippen LogP contribution in [-0.2, 0) is 14.4 Å². The average Bonchev–Trinajstić information content (AvgIpc) is 2.85. The van der Waals surface area contributed by atoms with Gasteiger partial charge in [0.15, 0.2) is 0 Å². The summed E-state index contributed by atoms with van der Waals surface area (Å²) in [6, 6.07) is 4.62. The molecule has 1 aromatic carbocycles. The first-order chi connectivity index (χ1) is 16.1. The second kappa shape index (κ2) is 11.5. The van der Waals surface area contributed by atoms with Crippen molar-refractivity contribution in [2.75, 3.05) is 0 Å². The summed E-state index contributed by atoms with van der Waals surface area (Å²) in [5.74, 6) is -0.595. The highest BCUT2D eigenvalue weighted by Gasteiger charge is 2.26. The topological polar surface area (TPSA) is 78.9 Å². The molecule has 0 radical (unpaired) electrons. The summed E-state index contributed by atoms with van der Waals surface area (Å²) >= 11 is 0. The highest BCUT2D eigenvalue weighted by molar-refractivity contribution is 5.78. The third-order valence-electron chi connectivity index (χ3n) is 6.99. The van der Waals surface area contributed by atoms with E-state index in [0.717, 1.165) is 77.0 Å². The van der Waals surface area contributed by atoms with Crippen molar-refractivity contribution >= 4 is 17.9 Å². The molecule has 0 heterocycles. The maximum absolute atomic E-state index is 12.7. The minimum atomic E-state index is -0.320. The molecule has 1 aromatic rings. The molecule has 3 aliphatic rings. The second-order valence-corrected chi connectivity index (χ2v) is 9.55. The van der Waals surface area contributed by atoms with Crippen LogP contribution in [0, 0.1) is 17.8 Å². The van der Waals surface area contributed by atoms with Crippen LogP contribution in [-0.4, -0.2) is 17.9 Å². The molecule has 0 saturated heterocycles. The fourth-order valence-electron chi connectivity index (χ4n) is 5.01. The van der Waals surface area contributed by atoms with Crippen LogP contribution in [0.2, 0.25) is 0 Å². The van der Waals surface area contributed by atoms with Crippen LogP contribution in [0.25, 0.3) is 0 Å². The fourth-order valence-corrected chi connectivity index (χ4v) is 5.01. The molecule has 0 amide bonds. The van der Waals surface area contributed by atoms with Gasteiger partial charge in [-0.2, -0.15) is 0 Å². The fraction of sp³-hybridized carbons (Fsp3) is 0.593. The Bertz CT molecular complexity index is 826. The van der Waals surface area contributed by atoms with E-state index in [2.05, 4.69) is 6.08 Å². The average molecular weight is 455 g/mol. The van der Waals surface area contributed by atoms with Gasteiger partial charge in [-0.15, -0.1) is 0 Å². The lowest BCUT2D eigenvalue weighted by atomic mass is 9.89. The number of allylic oxidation sites excluding steroid dienone is 2. The van der Waals surface area contributed by atoms with E-state index in [9.17, 15) is 14.4 Å². The van der Waals surface area contributed by atoms with E-state index in [1.807, 2.05) is 6.08 Å². The summed E-state index contributed by atoms with van der Waals surface area (Å²) in [4.78, 5) is 38.0. The molecule has 33 heavy (non-hydrogen) atoms. The molecule has 6 heteroatoms. The third-order valence-corrected chi connectivity index (χ3v) is 6.99. The van der Waals surface area contributed by atoms with Gasteiger partial charge < -0.3 is 14.2 Å². The van der Waals surface area contributed by atoms with Crippen molar-refractivity contribution < 1.29 is 28.6 Å². The molecule has 2 fully saturated rings. The van der Waals surface area contributed by atoms with Gasteiger partial charge >= 0.3 is 17.9 Å². The normalized spacial score (nSPS) is 21.9. The Morgan fingerprint density at radius 1 is 0.545 bits per heavy atom. The van der Waals surface area contributed by atoms with Crippen LogP contribution in [0.1, 0.15) is 83.5 Å². The van der Waals surface area contributed by atoms with E-state index in [0.29, 0.717) is 6.42 Å². The van der Waals surface area contributed by atoms with Crippen molar-refractivity contribution in [3.63, 3.8) is 0 Å². The quantitative estimate of drug-likeness (QED) is 0.302. The van der Waals surface area contributed by atoms with Gasteiger partial charge in [-0.05, 0) is 44.9 Å². The number of hydrogen-bond donors (Lipinski definition) is 0. The maximum Gasteiger partial charge on any atom is 0.314 e. The summed E-state index contributed by atoms with van der Waals surface area (Å²) in [6.07, 6.45) is 16.0. The lowest BCUT2D eigenvalue weighted by molar-refractivity contribution is -0.140. The van der Waals surface area contributed by atoms with Crippen molar-refractivity contribution in [3.05, 3.63) is 30.4 Å². The first kappa shape index (κ1) is 23.5. The number of carbonyl (C=O) groups is 3. The number of rotatable bonds is 6. The third kappa shape index (κ3) is 6.68. The zero-order valence-electron chi connectivity index (χ0n) is 19.3.